The minimum absolute atomic E-state index is 0.608. The molecule has 0 aromatic carbocycles. The molecule has 1 aromatic heterocycles. The lowest BCUT2D eigenvalue weighted by atomic mass is 10.3. The average Bonchev–Trinajstić information content (AvgIpc) is 2.49. The second-order valence-corrected chi connectivity index (χ2v) is 4.73. The summed E-state index contributed by atoms with van der Waals surface area (Å²) in [5.74, 6) is 1.43. The summed E-state index contributed by atoms with van der Waals surface area (Å²) in [5.41, 5.74) is 6.74. The smallest absolute Gasteiger partial charge is 0.215 e. The molecule has 0 unspecified atom stereocenters. The van der Waals surface area contributed by atoms with E-state index in [0.717, 1.165) is 45.0 Å². The fourth-order valence-corrected chi connectivity index (χ4v) is 2.25. The lowest BCUT2D eigenvalue weighted by Gasteiger charge is -2.25. The van der Waals surface area contributed by atoms with Crippen LogP contribution in [0, 0.1) is 0 Å². The van der Waals surface area contributed by atoms with Gasteiger partial charge in [0.25, 0.3) is 0 Å². The minimum atomic E-state index is 0.608. The molecule has 0 bridgehead atoms. The van der Waals surface area contributed by atoms with Crippen molar-refractivity contribution in [3.05, 3.63) is 12.1 Å². The van der Waals surface area contributed by atoms with Crippen molar-refractivity contribution in [3.8, 4) is 5.88 Å². The van der Waals surface area contributed by atoms with Crippen LogP contribution in [0.4, 0.5) is 11.5 Å². The summed E-state index contributed by atoms with van der Waals surface area (Å²) in [6, 6.07) is 3.65. The standard InChI is InChI=1S/C15H28N4O/c1-5-18(6-2)11-8-12-19(7-3)15-13(16)9-10-14(17-15)20-4/h9-10H,5-8,11-12,16H2,1-4H3. The molecule has 1 rings (SSSR count). The molecule has 0 fully saturated rings. The Hall–Kier alpha value is -1.49. The highest BCUT2D eigenvalue weighted by atomic mass is 16.5. The summed E-state index contributed by atoms with van der Waals surface area (Å²) in [4.78, 5) is 9.10. The molecular formula is C15H28N4O. The molecule has 0 aliphatic rings. The molecular weight excluding hydrogens is 252 g/mol. The van der Waals surface area contributed by atoms with Gasteiger partial charge in [-0.3, -0.25) is 0 Å². The van der Waals surface area contributed by atoms with E-state index < -0.39 is 0 Å². The zero-order valence-corrected chi connectivity index (χ0v) is 13.2. The van der Waals surface area contributed by atoms with E-state index in [4.69, 9.17) is 10.5 Å². The number of nitrogens with two attached hydrogens (primary N) is 1. The molecule has 0 aliphatic carbocycles. The molecule has 0 spiro atoms. The van der Waals surface area contributed by atoms with E-state index >= 15 is 0 Å². The van der Waals surface area contributed by atoms with Gasteiger partial charge in [0, 0.05) is 19.2 Å². The third kappa shape index (κ3) is 4.56. The Balaban J connectivity index is 2.66. The quantitative estimate of drug-likeness (QED) is 0.752. The van der Waals surface area contributed by atoms with Crippen LogP contribution in [0.5, 0.6) is 5.88 Å². The maximum absolute atomic E-state index is 6.03. The van der Waals surface area contributed by atoms with Crippen molar-refractivity contribution in [2.24, 2.45) is 0 Å². The van der Waals surface area contributed by atoms with Gasteiger partial charge in [-0.05, 0) is 39.0 Å². The van der Waals surface area contributed by atoms with Crippen molar-refractivity contribution in [2.45, 2.75) is 27.2 Å². The molecule has 114 valence electrons. The lowest BCUT2D eigenvalue weighted by molar-refractivity contribution is 0.300. The molecule has 0 atom stereocenters. The largest absolute Gasteiger partial charge is 0.481 e. The van der Waals surface area contributed by atoms with Crippen molar-refractivity contribution in [1.29, 1.82) is 0 Å². The van der Waals surface area contributed by atoms with E-state index in [1.807, 2.05) is 6.07 Å². The van der Waals surface area contributed by atoms with Gasteiger partial charge >= 0.3 is 0 Å². The molecule has 0 aliphatic heterocycles. The molecule has 5 heteroatoms. The Morgan fingerprint density at radius 1 is 1.10 bits per heavy atom. The Kier molecular flexibility index (Phi) is 7.15. The third-order valence-corrected chi connectivity index (χ3v) is 3.57. The number of anilines is 2. The summed E-state index contributed by atoms with van der Waals surface area (Å²) < 4.78 is 5.18. The van der Waals surface area contributed by atoms with Crippen molar-refractivity contribution >= 4 is 11.5 Å². The van der Waals surface area contributed by atoms with Crippen LogP contribution >= 0.6 is 0 Å². The minimum Gasteiger partial charge on any atom is -0.481 e. The van der Waals surface area contributed by atoms with E-state index in [1.165, 1.54) is 0 Å². The van der Waals surface area contributed by atoms with Gasteiger partial charge in [-0.25, -0.2) is 0 Å². The number of hydrogen-bond donors (Lipinski definition) is 1. The summed E-state index contributed by atoms with van der Waals surface area (Å²) in [5, 5.41) is 0. The zero-order valence-electron chi connectivity index (χ0n) is 13.2. The van der Waals surface area contributed by atoms with Crippen LogP contribution < -0.4 is 15.4 Å². The Bertz CT molecular complexity index is 393. The Morgan fingerprint density at radius 2 is 1.80 bits per heavy atom. The van der Waals surface area contributed by atoms with Gasteiger partial charge in [0.05, 0.1) is 12.8 Å². The van der Waals surface area contributed by atoms with Crippen molar-refractivity contribution in [1.82, 2.24) is 9.88 Å². The van der Waals surface area contributed by atoms with Gasteiger partial charge in [0.1, 0.15) is 0 Å². The highest BCUT2D eigenvalue weighted by Gasteiger charge is 2.11. The van der Waals surface area contributed by atoms with E-state index in [9.17, 15) is 0 Å². The van der Waals surface area contributed by atoms with Crippen molar-refractivity contribution < 1.29 is 4.74 Å². The maximum Gasteiger partial charge on any atom is 0.215 e. The second-order valence-electron chi connectivity index (χ2n) is 4.73. The number of nitrogens with zero attached hydrogens (tertiary/aromatic N) is 3. The second kappa shape index (κ2) is 8.64. The van der Waals surface area contributed by atoms with E-state index in [0.29, 0.717) is 11.6 Å². The number of ether oxygens (including phenoxy) is 1. The first-order valence-corrected chi connectivity index (χ1v) is 7.44. The summed E-state index contributed by atoms with van der Waals surface area (Å²) in [6.45, 7) is 11.7. The molecule has 0 saturated heterocycles. The van der Waals surface area contributed by atoms with E-state index in [2.05, 4.69) is 35.6 Å². The monoisotopic (exact) mass is 280 g/mol. The van der Waals surface area contributed by atoms with Gasteiger partial charge in [-0.15, -0.1) is 0 Å². The van der Waals surface area contributed by atoms with Gasteiger partial charge < -0.3 is 20.3 Å². The Morgan fingerprint density at radius 3 is 2.35 bits per heavy atom. The fourth-order valence-electron chi connectivity index (χ4n) is 2.25. The lowest BCUT2D eigenvalue weighted by Crippen LogP contribution is -2.30. The molecule has 0 radical (unpaired) electrons. The highest BCUT2D eigenvalue weighted by molar-refractivity contribution is 5.63. The first-order valence-electron chi connectivity index (χ1n) is 7.44. The summed E-state index contributed by atoms with van der Waals surface area (Å²) in [7, 11) is 1.62. The molecule has 20 heavy (non-hydrogen) atoms. The molecule has 2 N–H and O–H groups in total. The maximum atomic E-state index is 6.03. The number of rotatable bonds is 9. The SMILES string of the molecule is CCN(CC)CCCN(CC)c1nc(OC)ccc1N. The van der Waals surface area contributed by atoms with Crippen LogP contribution in [0.1, 0.15) is 27.2 Å². The predicted molar refractivity (Wildman–Crippen MR) is 85.5 cm³/mol. The highest BCUT2D eigenvalue weighted by Crippen LogP contribution is 2.23. The first kappa shape index (κ1) is 16.6. The number of pyridine rings is 1. The molecule has 0 saturated carbocycles. The van der Waals surface area contributed by atoms with Crippen LogP contribution in [-0.2, 0) is 0 Å². The number of hydrogen-bond acceptors (Lipinski definition) is 5. The van der Waals surface area contributed by atoms with Gasteiger partial charge in [-0.1, -0.05) is 13.8 Å². The zero-order chi connectivity index (χ0) is 15.0. The molecule has 5 nitrogen and oxygen atoms in total. The summed E-state index contributed by atoms with van der Waals surface area (Å²) >= 11 is 0. The van der Waals surface area contributed by atoms with Crippen LogP contribution in [0.2, 0.25) is 0 Å². The average molecular weight is 280 g/mol. The normalized spacial score (nSPS) is 10.8. The number of methoxy groups -OCH3 is 1. The third-order valence-electron chi connectivity index (χ3n) is 3.57. The topological polar surface area (TPSA) is 54.6 Å². The summed E-state index contributed by atoms with van der Waals surface area (Å²) in [6.07, 6.45) is 1.11. The predicted octanol–water partition coefficient (Wildman–Crippen LogP) is 2.23. The van der Waals surface area contributed by atoms with E-state index in [-0.39, 0.29) is 0 Å². The van der Waals surface area contributed by atoms with Gasteiger partial charge in [0.15, 0.2) is 5.82 Å². The van der Waals surface area contributed by atoms with Gasteiger partial charge in [-0.2, -0.15) is 4.98 Å². The molecule has 0 amide bonds. The van der Waals surface area contributed by atoms with Gasteiger partial charge in [0.2, 0.25) is 5.88 Å². The van der Waals surface area contributed by atoms with Crippen LogP contribution in [-0.4, -0.2) is 49.7 Å². The molecule has 1 aromatic rings. The molecule has 1 heterocycles. The fraction of sp³-hybridized carbons (Fsp3) is 0.667. The van der Waals surface area contributed by atoms with E-state index in [1.54, 1.807) is 13.2 Å². The Labute approximate surface area is 122 Å². The van der Waals surface area contributed by atoms with Crippen LogP contribution in [0.25, 0.3) is 0 Å². The first-order chi connectivity index (χ1) is 9.65. The van der Waals surface area contributed by atoms with Crippen LogP contribution in [0.15, 0.2) is 12.1 Å². The number of nitrogen functional groups attached to an aromatic ring is 1. The van der Waals surface area contributed by atoms with Crippen molar-refractivity contribution in [2.75, 3.05) is 50.5 Å². The number of aromatic nitrogens is 1. The van der Waals surface area contributed by atoms with Crippen molar-refractivity contribution in [3.63, 3.8) is 0 Å². The van der Waals surface area contributed by atoms with Crippen LogP contribution in [0.3, 0.4) is 0 Å².